The van der Waals surface area contributed by atoms with Crippen molar-refractivity contribution in [2.24, 2.45) is 0 Å². The molecule has 0 spiro atoms. The summed E-state index contributed by atoms with van der Waals surface area (Å²) in [5.74, 6) is 1.16. The first-order valence-electron chi connectivity index (χ1n) is 7.82. The van der Waals surface area contributed by atoms with Crippen LogP contribution >= 0.6 is 0 Å². The minimum atomic E-state index is 0.0286. The average molecular weight is 317 g/mol. The number of nitrogens with two attached hydrogens (primary N) is 1. The van der Waals surface area contributed by atoms with Crippen LogP contribution in [0.15, 0.2) is 18.5 Å². The van der Waals surface area contributed by atoms with Crippen LogP contribution in [0.25, 0.3) is 10.9 Å². The third-order valence-electron chi connectivity index (χ3n) is 4.08. The predicted octanol–water partition coefficient (Wildman–Crippen LogP) is 1.55. The van der Waals surface area contributed by atoms with Crippen molar-refractivity contribution < 1.29 is 18.9 Å². The van der Waals surface area contributed by atoms with Crippen LogP contribution < -0.4 is 15.2 Å². The highest BCUT2D eigenvalue weighted by Gasteiger charge is 2.21. The van der Waals surface area contributed by atoms with Crippen LogP contribution in [0.3, 0.4) is 0 Å². The normalized spacial score (nSPS) is 24.2. The van der Waals surface area contributed by atoms with Gasteiger partial charge in [-0.25, -0.2) is 9.97 Å². The molecule has 2 aliphatic rings. The fourth-order valence-corrected chi connectivity index (χ4v) is 2.82. The molecule has 2 saturated heterocycles. The van der Waals surface area contributed by atoms with Gasteiger partial charge in [0.2, 0.25) is 5.88 Å². The topological polar surface area (TPSA) is 88.7 Å². The highest BCUT2D eigenvalue weighted by Crippen LogP contribution is 2.33. The molecule has 2 fully saturated rings. The molecule has 2 N–H and O–H groups in total. The van der Waals surface area contributed by atoms with Gasteiger partial charge in [-0.3, -0.25) is 0 Å². The second-order valence-corrected chi connectivity index (χ2v) is 5.79. The summed E-state index contributed by atoms with van der Waals surface area (Å²) in [6, 6.07) is 3.65. The number of benzene rings is 1. The number of nitrogens with zero attached hydrogens (tertiary/aromatic N) is 2. The molecule has 7 nitrogen and oxygen atoms in total. The zero-order valence-corrected chi connectivity index (χ0v) is 12.7. The number of nitrogen functional groups attached to an aromatic ring is 1. The number of aromatic nitrogens is 2. The van der Waals surface area contributed by atoms with E-state index in [9.17, 15) is 0 Å². The fourth-order valence-electron chi connectivity index (χ4n) is 2.82. The smallest absolute Gasteiger partial charge is 0.224 e. The quantitative estimate of drug-likeness (QED) is 0.856. The van der Waals surface area contributed by atoms with E-state index in [4.69, 9.17) is 24.7 Å². The lowest BCUT2D eigenvalue weighted by atomic mass is 10.2. The minimum Gasteiger partial charge on any atom is -0.486 e. The van der Waals surface area contributed by atoms with Crippen LogP contribution in [-0.4, -0.2) is 48.6 Å². The van der Waals surface area contributed by atoms with Gasteiger partial charge in [-0.15, -0.1) is 0 Å². The number of hydrogen-bond acceptors (Lipinski definition) is 7. The van der Waals surface area contributed by atoms with E-state index in [1.54, 1.807) is 0 Å². The molecule has 0 radical (unpaired) electrons. The number of fused-ring (bicyclic) bond motifs is 1. The minimum absolute atomic E-state index is 0.0286. The Morgan fingerprint density at radius 2 is 1.74 bits per heavy atom. The zero-order valence-electron chi connectivity index (χ0n) is 12.7. The lowest BCUT2D eigenvalue weighted by Crippen LogP contribution is -2.17. The summed E-state index contributed by atoms with van der Waals surface area (Å²) in [7, 11) is 0. The van der Waals surface area contributed by atoms with E-state index >= 15 is 0 Å². The molecule has 3 heterocycles. The maximum absolute atomic E-state index is 6.14. The highest BCUT2D eigenvalue weighted by atomic mass is 16.6. The molecule has 2 aliphatic heterocycles. The summed E-state index contributed by atoms with van der Waals surface area (Å²) in [6.07, 6.45) is 3.30. The van der Waals surface area contributed by atoms with Crippen molar-refractivity contribution >= 4 is 16.6 Å². The summed E-state index contributed by atoms with van der Waals surface area (Å²) >= 11 is 0. The summed E-state index contributed by atoms with van der Waals surface area (Å²) in [4.78, 5) is 8.54. The van der Waals surface area contributed by atoms with E-state index in [1.165, 1.54) is 6.33 Å². The van der Waals surface area contributed by atoms with Gasteiger partial charge in [0.15, 0.2) is 0 Å². The molecule has 2 atom stereocenters. The van der Waals surface area contributed by atoms with Crippen molar-refractivity contribution in [1.29, 1.82) is 0 Å². The lowest BCUT2D eigenvalue weighted by molar-refractivity contribution is 0.139. The molecule has 0 saturated carbocycles. The van der Waals surface area contributed by atoms with Gasteiger partial charge >= 0.3 is 0 Å². The maximum Gasteiger partial charge on any atom is 0.224 e. The van der Waals surface area contributed by atoms with Gasteiger partial charge in [0.05, 0.1) is 43.0 Å². The Balaban J connectivity index is 1.63. The monoisotopic (exact) mass is 317 g/mol. The molecule has 0 bridgehead atoms. The predicted molar refractivity (Wildman–Crippen MR) is 83.7 cm³/mol. The summed E-state index contributed by atoms with van der Waals surface area (Å²) in [6.45, 7) is 2.63. The van der Waals surface area contributed by atoms with Gasteiger partial charge < -0.3 is 24.7 Å². The SMILES string of the molecule is Nc1cc2c(O[C@H]3CCOC3)ncnc2cc1O[C@H]1CCOC1. The zero-order chi connectivity index (χ0) is 15.6. The van der Waals surface area contributed by atoms with Crippen LogP contribution in [-0.2, 0) is 9.47 Å². The van der Waals surface area contributed by atoms with Gasteiger partial charge in [-0.2, -0.15) is 0 Å². The molecule has 0 aliphatic carbocycles. The Hall–Kier alpha value is -2.12. The summed E-state index contributed by atoms with van der Waals surface area (Å²) in [5, 5.41) is 0.784. The van der Waals surface area contributed by atoms with Crippen LogP contribution in [0.4, 0.5) is 5.69 Å². The summed E-state index contributed by atoms with van der Waals surface area (Å²) < 4.78 is 22.5. The van der Waals surface area contributed by atoms with Crippen LogP contribution in [0, 0.1) is 0 Å². The van der Waals surface area contributed by atoms with Gasteiger partial charge in [-0.05, 0) is 6.07 Å². The van der Waals surface area contributed by atoms with E-state index in [1.807, 2.05) is 12.1 Å². The van der Waals surface area contributed by atoms with Crippen molar-refractivity contribution in [2.75, 3.05) is 32.2 Å². The molecule has 2 aromatic rings. The second-order valence-electron chi connectivity index (χ2n) is 5.79. The fraction of sp³-hybridized carbons (Fsp3) is 0.500. The average Bonchev–Trinajstić information content (AvgIpc) is 3.22. The Bertz CT molecular complexity index is 697. The first-order valence-corrected chi connectivity index (χ1v) is 7.82. The number of hydrogen-bond donors (Lipinski definition) is 1. The van der Waals surface area contributed by atoms with Crippen molar-refractivity contribution in [3.63, 3.8) is 0 Å². The molecular weight excluding hydrogens is 298 g/mol. The van der Waals surface area contributed by atoms with Gasteiger partial charge in [0.25, 0.3) is 0 Å². The van der Waals surface area contributed by atoms with E-state index in [-0.39, 0.29) is 12.2 Å². The van der Waals surface area contributed by atoms with Gasteiger partial charge in [-0.1, -0.05) is 0 Å². The van der Waals surface area contributed by atoms with Gasteiger partial charge in [0, 0.05) is 18.9 Å². The van der Waals surface area contributed by atoms with Crippen molar-refractivity contribution in [3.05, 3.63) is 18.5 Å². The molecule has 4 rings (SSSR count). The third-order valence-corrected chi connectivity index (χ3v) is 4.08. The van der Waals surface area contributed by atoms with Crippen molar-refractivity contribution in [2.45, 2.75) is 25.0 Å². The Morgan fingerprint density at radius 1 is 1.00 bits per heavy atom. The Morgan fingerprint density at radius 3 is 2.43 bits per heavy atom. The first kappa shape index (κ1) is 14.5. The van der Waals surface area contributed by atoms with E-state index in [2.05, 4.69) is 9.97 Å². The highest BCUT2D eigenvalue weighted by molar-refractivity contribution is 5.88. The molecule has 0 amide bonds. The van der Waals surface area contributed by atoms with Crippen molar-refractivity contribution in [3.8, 4) is 11.6 Å². The van der Waals surface area contributed by atoms with Crippen LogP contribution in [0.1, 0.15) is 12.8 Å². The summed E-state index contributed by atoms with van der Waals surface area (Å²) in [5.41, 5.74) is 7.44. The molecule has 122 valence electrons. The Kier molecular flexibility index (Phi) is 3.88. The van der Waals surface area contributed by atoms with Crippen LogP contribution in [0.5, 0.6) is 11.6 Å². The third kappa shape index (κ3) is 3.02. The maximum atomic E-state index is 6.14. The number of rotatable bonds is 4. The van der Waals surface area contributed by atoms with E-state index in [0.717, 1.165) is 37.0 Å². The molecule has 7 heteroatoms. The number of ether oxygens (including phenoxy) is 4. The van der Waals surface area contributed by atoms with E-state index < -0.39 is 0 Å². The lowest BCUT2D eigenvalue weighted by Gasteiger charge is -2.16. The van der Waals surface area contributed by atoms with Crippen molar-refractivity contribution in [1.82, 2.24) is 9.97 Å². The molecule has 1 aromatic carbocycles. The largest absolute Gasteiger partial charge is 0.486 e. The van der Waals surface area contributed by atoms with Gasteiger partial charge in [0.1, 0.15) is 24.3 Å². The standard InChI is InChI=1S/C16H19N3O4/c17-13-5-12-14(6-15(13)22-10-1-3-20-7-10)18-9-19-16(12)23-11-2-4-21-8-11/h5-6,9-11H,1-4,7-8,17H2/t10-,11-/m0/s1. The van der Waals surface area contributed by atoms with Crippen LogP contribution in [0.2, 0.25) is 0 Å². The molecule has 0 unspecified atom stereocenters. The Labute approximate surface area is 133 Å². The molecule has 23 heavy (non-hydrogen) atoms. The molecule has 1 aromatic heterocycles. The first-order chi connectivity index (χ1) is 11.3. The van der Waals surface area contributed by atoms with E-state index in [0.29, 0.717) is 30.5 Å². The second kappa shape index (κ2) is 6.17. The molecular formula is C16H19N3O4. The number of anilines is 1.